The number of benzene rings is 2. The topological polar surface area (TPSA) is 100 Å². The summed E-state index contributed by atoms with van der Waals surface area (Å²) in [6.45, 7) is 0.0138. The van der Waals surface area contributed by atoms with Crippen LogP contribution in [0.15, 0.2) is 91.4 Å². The Kier molecular flexibility index (Phi) is 6.12. The molecule has 8 nitrogen and oxygen atoms in total. The average molecular weight is 426 g/mol. The van der Waals surface area contributed by atoms with Gasteiger partial charge in [-0.15, -0.1) is 0 Å². The molecule has 0 radical (unpaired) electrons. The molecule has 0 aliphatic carbocycles. The molecule has 8 heteroatoms. The molecule has 2 aromatic heterocycles. The van der Waals surface area contributed by atoms with E-state index in [1.54, 1.807) is 35.3 Å². The van der Waals surface area contributed by atoms with E-state index >= 15 is 0 Å². The minimum atomic E-state index is -0.534. The first-order chi connectivity index (χ1) is 15.6. The molecule has 158 valence electrons. The van der Waals surface area contributed by atoms with Gasteiger partial charge < -0.3 is 4.74 Å². The van der Waals surface area contributed by atoms with Crippen LogP contribution in [-0.4, -0.2) is 25.7 Å². The second kappa shape index (κ2) is 9.48. The van der Waals surface area contributed by atoms with Gasteiger partial charge in [0.05, 0.1) is 10.6 Å². The number of hydrogen-bond donors (Lipinski definition) is 0. The molecule has 0 aliphatic rings. The van der Waals surface area contributed by atoms with Gasteiger partial charge in [-0.05, 0) is 48.0 Å². The minimum absolute atomic E-state index is 0.0138. The Labute approximate surface area is 183 Å². The molecular weight excluding hydrogens is 408 g/mol. The maximum atomic E-state index is 12.2. The first-order valence-electron chi connectivity index (χ1n) is 9.74. The Bertz CT molecular complexity index is 1250. The summed E-state index contributed by atoms with van der Waals surface area (Å²) >= 11 is 0. The Morgan fingerprint density at radius 1 is 1.06 bits per heavy atom. The van der Waals surface area contributed by atoms with Gasteiger partial charge >= 0.3 is 5.97 Å². The van der Waals surface area contributed by atoms with Crippen LogP contribution < -0.4 is 0 Å². The molecular formula is C24H18N4O4. The van der Waals surface area contributed by atoms with Gasteiger partial charge in [0.25, 0.3) is 5.69 Å². The second-order valence-corrected chi connectivity index (χ2v) is 6.82. The fourth-order valence-electron chi connectivity index (χ4n) is 3.02. The molecule has 4 aromatic rings. The van der Waals surface area contributed by atoms with Crippen molar-refractivity contribution >= 4 is 17.7 Å². The van der Waals surface area contributed by atoms with Gasteiger partial charge in [-0.1, -0.05) is 18.2 Å². The molecule has 0 saturated carbocycles. The highest BCUT2D eigenvalue weighted by Crippen LogP contribution is 2.24. The highest BCUT2D eigenvalue weighted by Gasteiger charge is 2.11. The third kappa shape index (κ3) is 4.93. The number of esters is 1. The van der Waals surface area contributed by atoms with Crippen LogP contribution in [-0.2, 0) is 16.1 Å². The van der Waals surface area contributed by atoms with Crippen molar-refractivity contribution in [3.63, 3.8) is 0 Å². The molecule has 0 saturated heterocycles. The molecule has 0 fully saturated rings. The highest BCUT2D eigenvalue weighted by molar-refractivity contribution is 5.88. The van der Waals surface area contributed by atoms with E-state index in [0.717, 1.165) is 16.8 Å². The fraction of sp³-hybridized carbons (Fsp3) is 0.0417. The van der Waals surface area contributed by atoms with E-state index in [1.165, 1.54) is 18.2 Å². The molecule has 0 N–H and O–H groups in total. The van der Waals surface area contributed by atoms with Crippen LogP contribution in [0, 0.1) is 10.1 Å². The molecule has 2 heterocycles. The van der Waals surface area contributed by atoms with Crippen LogP contribution in [0.4, 0.5) is 5.69 Å². The van der Waals surface area contributed by atoms with Crippen LogP contribution in [0.2, 0.25) is 0 Å². The zero-order chi connectivity index (χ0) is 22.3. The Morgan fingerprint density at radius 3 is 2.53 bits per heavy atom. The Balaban J connectivity index is 1.51. The van der Waals surface area contributed by atoms with Gasteiger partial charge in [-0.2, -0.15) is 5.10 Å². The number of nitro groups is 1. The maximum absolute atomic E-state index is 12.2. The van der Waals surface area contributed by atoms with E-state index in [2.05, 4.69) is 10.1 Å². The van der Waals surface area contributed by atoms with E-state index in [9.17, 15) is 14.9 Å². The number of aromatic nitrogens is 3. The molecule has 0 bridgehead atoms. The zero-order valence-electron chi connectivity index (χ0n) is 16.9. The first kappa shape index (κ1) is 20.7. The largest absolute Gasteiger partial charge is 0.458 e. The normalized spacial score (nSPS) is 10.9. The summed E-state index contributed by atoms with van der Waals surface area (Å²) in [6, 6.07) is 19.2. The van der Waals surface area contributed by atoms with Crippen LogP contribution >= 0.6 is 0 Å². The van der Waals surface area contributed by atoms with Crippen LogP contribution in [0.5, 0.6) is 0 Å². The Morgan fingerprint density at radius 2 is 1.84 bits per heavy atom. The summed E-state index contributed by atoms with van der Waals surface area (Å²) in [5, 5.41) is 15.4. The van der Waals surface area contributed by atoms with E-state index in [1.807, 2.05) is 48.7 Å². The molecule has 0 aliphatic heterocycles. The summed E-state index contributed by atoms with van der Waals surface area (Å²) < 4.78 is 6.99. The molecule has 2 aromatic carbocycles. The smallest absolute Gasteiger partial charge is 0.331 e. The number of carbonyl (C=O) groups excluding carboxylic acids is 1. The van der Waals surface area contributed by atoms with Crippen molar-refractivity contribution in [3.8, 4) is 16.9 Å². The van der Waals surface area contributed by atoms with Gasteiger partial charge in [0, 0.05) is 47.9 Å². The lowest BCUT2D eigenvalue weighted by molar-refractivity contribution is -0.384. The second-order valence-electron chi connectivity index (χ2n) is 6.82. The number of nitrogens with zero attached hydrogens (tertiary/aromatic N) is 4. The fourth-order valence-corrected chi connectivity index (χ4v) is 3.02. The molecule has 0 spiro atoms. The van der Waals surface area contributed by atoms with Crippen molar-refractivity contribution in [2.24, 2.45) is 0 Å². The molecule has 32 heavy (non-hydrogen) atoms. The van der Waals surface area contributed by atoms with Crippen LogP contribution in [0.3, 0.4) is 0 Å². The van der Waals surface area contributed by atoms with Gasteiger partial charge in [0.1, 0.15) is 12.3 Å². The van der Waals surface area contributed by atoms with Crippen molar-refractivity contribution < 1.29 is 14.5 Å². The maximum Gasteiger partial charge on any atom is 0.331 e. The van der Waals surface area contributed by atoms with Crippen molar-refractivity contribution in [1.29, 1.82) is 0 Å². The number of rotatable bonds is 7. The summed E-state index contributed by atoms with van der Waals surface area (Å²) in [5.74, 6) is -0.534. The van der Waals surface area contributed by atoms with Crippen molar-refractivity contribution in [3.05, 3.63) is 113 Å². The minimum Gasteiger partial charge on any atom is -0.458 e. The summed E-state index contributed by atoms with van der Waals surface area (Å²) in [7, 11) is 0. The number of para-hydroxylation sites is 1. The van der Waals surface area contributed by atoms with Crippen LogP contribution in [0.25, 0.3) is 23.0 Å². The summed E-state index contributed by atoms with van der Waals surface area (Å²) in [6.07, 6.45) is 8.20. The van der Waals surface area contributed by atoms with Gasteiger partial charge in [-0.25, -0.2) is 9.48 Å². The lowest BCUT2D eigenvalue weighted by Gasteiger charge is -2.02. The number of carbonyl (C=O) groups is 1. The lowest BCUT2D eigenvalue weighted by atomic mass is 10.1. The SMILES string of the molecule is O=C(C=Cc1cn(-c2ccccc2)nc1-c1cccnc1)OCc1ccc([N+](=O)[O-])cc1. The zero-order valence-corrected chi connectivity index (χ0v) is 16.9. The number of ether oxygens (including phenoxy) is 1. The van der Waals surface area contributed by atoms with Gasteiger partial charge in [0.15, 0.2) is 0 Å². The number of hydrogen-bond acceptors (Lipinski definition) is 6. The molecule has 0 unspecified atom stereocenters. The standard InChI is InChI=1S/C24H18N4O4/c29-23(32-17-18-8-11-22(12-9-18)28(30)31)13-10-20-16-27(21-6-2-1-3-7-21)26-24(20)19-5-4-14-25-15-19/h1-16H,17H2. The third-order valence-electron chi connectivity index (χ3n) is 4.63. The number of pyridine rings is 1. The molecule has 0 atom stereocenters. The monoisotopic (exact) mass is 426 g/mol. The highest BCUT2D eigenvalue weighted by atomic mass is 16.6. The summed E-state index contributed by atoms with van der Waals surface area (Å²) in [4.78, 5) is 26.6. The van der Waals surface area contributed by atoms with E-state index in [0.29, 0.717) is 11.3 Å². The van der Waals surface area contributed by atoms with Crippen molar-refractivity contribution in [2.45, 2.75) is 6.61 Å². The van der Waals surface area contributed by atoms with E-state index < -0.39 is 10.9 Å². The predicted molar refractivity (Wildman–Crippen MR) is 119 cm³/mol. The molecule has 4 rings (SSSR count). The third-order valence-corrected chi connectivity index (χ3v) is 4.63. The first-order valence-corrected chi connectivity index (χ1v) is 9.74. The van der Waals surface area contributed by atoms with Crippen molar-refractivity contribution in [1.82, 2.24) is 14.8 Å². The average Bonchev–Trinajstić information content (AvgIpc) is 3.27. The number of non-ortho nitro benzene ring substituents is 1. The van der Waals surface area contributed by atoms with Gasteiger partial charge in [-0.3, -0.25) is 15.1 Å². The Hall–Kier alpha value is -4.59. The molecule has 0 amide bonds. The van der Waals surface area contributed by atoms with Crippen LogP contribution in [0.1, 0.15) is 11.1 Å². The van der Waals surface area contributed by atoms with Crippen molar-refractivity contribution in [2.75, 3.05) is 0 Å². The predicted octanol–water partition coefficient (Wildman–Crippen LogP) is 4.60. The van der Waals surface area contributed by atoms with E-state index in [-0.39, 0.29) is 12.3 Å². The summed E-state index contributed by atoms with van der Waals surface area (Å²) in [5.41, 5.74) is 3.76. The van der Waals surface area contributed by atoms with Gasteiger partial charge in [0.2, 0.25) is 0 Å². The number of nitro benzene ring substituents is 1. The lowest BCUT2D eigenvalue weighted by Crippen LogP contribution is -2.00. The quantitative estimate of drug-likeness (QED) is 0.185. The van der Waals surface area contributed by atoms with E-state index in [4.69, 9.17) is 4.74 Å².